The molecule has 0 saturated heterocycles. The van der Waals surface area contributed by atoms with Gasteiger partial charge in [-0.1, -0.05) is 6.07 Å². The van der Waals surface area contributed by atoms with Gasteiger partial charge in [-0.25, -0.2) is 8.78 Å². The van der Waals surface area contributed by atoms with E-state index in [2.05, 4.69) is 0 Å². The molecule has 2 nitrogen and oxygen atoms in total. The second-order valence-electron chi connectivity index (χ2n) is 2.47. The first kappa shape index (κ1) is 12.1. The Morgan fingerprint density at radius 1 is 1.46 bits per heavy atom. The maximum Gasteiger partial charge on any atom is 0.165 e. The summed E-state index contributed by atoms with van der Waals surface area (Å²) in [5, 5.41) is 8.79. The number of halogens is 3. The smallest absolute Gasteiger partial charge is 0.165 e. The molecule has 0 heterocycles. The highest BCUT2D eigenvalue weighted by atomic mass is 35.5. The van der Waals surface area contributed by atoms with Gasteiger partial charge in [0, 0.05) is 0 Å². The van der Waals surface area contributed by atoms with E-state index in [9.17, 15) is 8.78 Å². The normalized spacial score (nSPS) is 11.9. The lowest BCUT2D eigenvalue weighted by atomic mass is 10.1. The molecular weight excluding hydrogens is 200 g/mol. The summed E-state index contributed by atoms with van der Waals surface area (Å²) in [4.78, 5) is 0. The first-order valence-electron chi connectivity index (χ1n) is 3.45. The average molecular weight is 210 g/mol. The molecule has 13 heavy (non-hydrogen) atoms. The van der Waals surface area contributed by atoms with E-state index in [-0.39, 0.29) is 12.4 Å². The first-order chi connectivity index (χ1) is 5.65. The van der Waals surface area contributed by atoms with Crippen LogP contribution in [-0.4, -0.2) is 11.8 Å². The fourth-order valence-corrected chi connectivity index (χ4v) is 0.843. The molecule has 1 aromatic rings. The molecule has 3 N–H and O–H groups in total. The van der Waals surface area contributed by atoms with Gasteiger partial charge in [-0.2, -0.15) is 0 Å². The number of benzene rings is 1. The molecule has 5 heteroatoms. The number of rotatable bonds is 2. The van der Waals surface area contributed by atoms with E-state index in [1.54, 1.807) is 0 Å². The SMILES string of the molecule is Cl.N[C@H](CF)c1ccc(O)c(F)c1. The highest BCUT2D eigenvalue weighted by Crippen LogP contribution is 2.19. The Morgan fingerprint density at radius 2 is 2.08 bits per heavy atom. The largest absolute Gasteiger partial charge is 0.505 e. The molecule has 0 spiro atoms. The summed E-state index contributed by atoms with van der Waals surface area (Å²) in [6.45, 7) is -0.746. The molecule has 0 radical (unpaired) electrons. The predicted molar refractivity (Wildman–Crippen MR) is 48.2 cm³/mol. The highest BCUT2D eigenvalue weighted by Gasteiger charge is 2.07. The van der Waals surface area contributed by atoms with Crippen LogP contribution < -0.4 is 5.73 Å². The number of hydrogen-bond acceptors (Lipinski definition) is 2. The van der Waals surface area contributed by atoms with E-state index < -0.39 is 24.3 Å². The highest BCUT2D eigenvalue weighted by molar-refractivity contribution is 5.85. The van der Waals surface area contributed by atoms with E-state index in [1.165, 1.54) is 6.07 Å². The Kier molecular flexibility index (Phi) is 4.66. The molecule has 0 bridgehead atoms. The predicted octanol–water partition coefficient (Wildman–Crippen LogP) is 1.92. The fourth-order valence-electron chi connectivity index (χ4n) is 0.843. The van der Waals surface area contributed by atoms with Gasteiger partial charge in [-0.15, -0.1) is 12.4 Å². The van der Waals surface area contributed by atoms with Crippen molar-refractivity contribution in [2.45, 2.75) is 6.04 Å². The lowest BCUT2D eigenvalue weighted by Crippen LogP contribution is -2.12. The lowest BCUT2D eigenvalue weighted by Gasteiger charge is -2.07. The standard InChI is InChI=1S/C8H9F2NO.ClH/c9-4-7(11)5-1-2-8(12)6(10)3-5;/h1-3,7,12H,4,11H2;1H/t7-;/m1./s1. The molecule has 0 aliphatic heterocycles. The number of nitrogens with two attached hydrogens (primary N) is 1. The summed E-state index contributed by atoms with van der Waals surface area (Å²) in [6, 6.07) is 2.75. The molecule has 1 rings (SSSR count). The first-order valence-corrected chi connectivity index (χ1v) is 3.45. The van der Waals surface area contributed by atoms with Gasteiger partial charge in [0.05, 0.1) is 6.04 Å². The molecule has 1 atom stereocenters. The van der Waals surface area contributed by atoms with Crippen molar-refractivity contribution in [3.05, 3.63) is 29.6 Å². The molecule has 0 saturated carbocycles. The van der Waals surface area contributed by atoms with Crippen LogP contribution in [0.1, 0.15) is 11.6 Å². The minimum Gasteiger partial charge on any atom is -0.505 e. The third-order valence-corrected chi connectivity index (χ3v) is 1.57. The van der Waals surface area contributed by atoms with Crippen molar-refractivity contribution >= 4 is 12.4 Å². The van der Waals surface area contributed by atoms with Gasteiger partial charge >= 0.3 is 0 Å². The van der Waals surface area contributed by atoms with E-state index in [0.717, 1.165) is 12.1 Å². The molecule has 1 aromatic carbocycles. The molecule has 0 fully saturated rings. The minimum absolute atomic E-state index is 0. The maximum absolute atomic E-state index is 12.6. The van der Waals surface area contributed by atoms with Gasteiger partial charge in [-0.3, -0.25) is 0 Å². The van der Waals surface area contributed by atoms with Crippen molar-refractivity contribution in [3.8, 4) is 5.75 Å². The van der Waals surface area contributed by atoms with Gasteiger partial charge in [0.25, 0.3) is 0 Å². The van der Waals surface area contributed by atoms with Gasteiger partial charge in [0.2, 0.25) is 0 Å². The second kappa shape index (κ2) is 4.99. The van der Waals surface area contributed by atoms with Crippen LogP contribution in [0.15, 0.2) is 18.2 Å². The zero-order chi connectivity index (χ0) is 9.14. The molecule has 0 unspecified atom stereocenters. The average Bonchev–Trinajstić information content (AvgIpc) is 2.08. The van der Waals surface area contributed by atoms with Gasteiger partial charge in [0.15, 0.2) is 11.6 Å². The molecule has 74 valence electrons. The maximum atomic E-state index is 12.6. The Balaban J connectivity index is 0.00000144. The Bertz CT molecular complexity index is 283. The van der Waals surface area contributed by atoms with Crippen molar-refractivity contribution in [2.24, 2.45) is 5.73 Å². The van der Waals surface area contributed by atoms with Gasteiger partial charge in [0.1, 0.15) is 6.67 Å². The topological polar surface area (TPSA) is 46.2 Å². The summed E-state index contributed by atoms with van der Waals surface area (Å²) >= 11 is 0. The van der Waals surface area contributed by atoms with Crippen molar-refractivity contribution in [3.63, 3.8) is 0 Å². The monoisotopic (exact) mass is 209 g/mol. The van der Waals surface area contributed by atoms with Gasteiger partial charge in [-0.05, 0) is 17.7 Å². The van der Waals surface area contributed by atoms with Crippen LogP contribution in [-0.2, 0) is 0 Å². The van der Waals surface area contributed by atoms with Crippen LogP contribution in [0.25, 0.3) is 0 Å². The van der Waals surface area contributed by atoms with E-state index in [4.69, 9.17) is 10.8 Å². The quantitative estimate of drug-likeness (QED) is 0.782. The van der Waals surface area contributed by atoms with Gasteiger partial charge < -0.3 is 10.8 Å². The van der Waals surface area contributed by atoms with E-state index in [1.807, 2.05) is 0 Å². The zero-order valence-electron chi connectivity index (χ0n) is 6.71. The fraction of sp³-hybridized carbons (Fsp3) is 0.250. The molecule has 0 aliphatic rings. The second-order valence-corrected chi connectivity index (χ2v) is 2.47. The number of alkyl halides is 1. The summed E-state index contributed by atoms with van der Waals surface area (Å²) in [6.07, 6.45) is 0. The molecule has 0 aromatic heterocycles. The summed E-state index contributed by atoms with van der Waals surface area (Å²) in [5.41, 5.74) is 5.63. The van der Waals surface area contributed by atoms with Crippen molar-refractivity contribution in [1.29, 1.82) is 0 Å². The third kappa shape index (κ3) is 2.82. The number of aromatic hydroxyl groups is 1. The van der Waals surface area contributed by atoms with Crippen LogP contribution in [0.2, 0.25) is 0 Å². The van der Waals surface area contributed by atoms with Crippen LogP contribution in [0.3, 0.4) is 0 Å². The third-order valence-electron chi connectivity index (χ3n) is 1.57. The van der Waals surface area contributed by atoms with E-state index >= 15 is 0 Å². The van der Waals surface area contributed by atoms with Crippen LogP contribution >= 0.6 is 12.4 Å². The Hall–Kier alpha value is -0.870. The summed E-state index contributed by atoms with van der Waals surface area (Å²) < 4.78 is 24.6. The van der Waals surface area contributed by atoms with E-state index in [0.29, 0.717) is 5.56 Å². The molecular formula is C8H10ClF2NO. The Morgan fingerprint density at radius 3 is 2.54 bits per heavy atom. The minimum atomic E-state index is -0.819. The van der Waals surface area contributed by atoms with Crippen molar-refractivity contribution in [2.75, 3.05) is 6.67 Å². The molecule has 0 aliphatic carbocycles. The number of phenolic OH excluding ortho intramolecular Hbond substituents is 1. The van der Waals surface area contributed by atoms with Crippen LogP contribution in [0.5, 0.6) is 5.75 Å². The van der Waals surface area contributed by atoms with Crippen molar-refractivity contribution < 1.29 is 13.9 Å². The van der Waals surface area contributed by atoms with Crippen LogP contribution in [0.4, 0.5) is 8.78 Å². The lowest BCUT2D eigenvalue weighted by molar-refractivity contribution is 0.422. The molecule has 0 amide bonds. The summed E-state index contributed by atoms with van der Waals surface area (Å²) in [7, 11) is 0. The Labute approximate surface area is 80.8 Å². The number of phenols is 1. The summed E-state index contributed by atoms with van der Waals surface area (Å²) in [5.74, 6) is -1.23. The zero-order valence-corrected chi connectivity index (χ0v) is 7.52. The number of hydrogen-bond donors (Lipinski definition) is 2. The van der Waals surface area contributed by atoms with Crippen LogP contribution in [0, 0.1) is 5.82 Å². The van der Waals surface area contributed by atoms with Crippen molar-refractivity contribution in [1.82, 2.24) is 0 Å².